The second-order valence-electron chi connectivity index (χ2n) is 7.28. The maximum atomic E-state index is 12.7. The highest BCUT2D eigenvalue weighted by molar-refractivity contribution is 7.55. The second-order valence-corrected chi connectivity index (χ2v) is 9.08. The van der Waals surface area contributed by atoms with Crippen molar-refractivity contribution in [2.24, 2.45) is 0 Å². The van der Waals surface area contributed by atoms with Crippen LogP contribution in [-0.4, -0.2) is 51.4 Å². The van der Waals surface area contributed by atoms with Gasteiger partial charge in [-0.05, 0) is 20.8 Å². The molecule has 0 radical (unpaired) electrons. The van der Waals surface area contributed by atoms with Crippen LogP contribution >= 0.6 is 7.67 Å². The zero-order valence-electron chi connectivity index (χ0n) is 15.8. The molecule has 3 N–H and O–H groups in total. The van der Waals surface area contributed by atoms with Gasteiger partial charge in [0.2, 0.25) is 0 Å². The van der Waals surface area contributed by atoms with Crippen molar-refractivity contribution in [1.82, 2.24) is 24.9 Å². The number of fused-ring (bicyclic) bond motifs is 1. The molecule has 1 unspecified atom stereocenters. The van der Waals surface area contributed by atoms with Gasteiger partial charge in [-0.25, -0.2) is 9.36 Å². The van der Waals surface area contributed by atoms with Crippen LogP contribution in [0.25, 0.3) is 0 Å². The first-order valence-electron chi connectivity index (χ1n) is 8.78. The van der Waals surface area contributed by atoms with E-state index in [2.05, 4.69) is 20.3 Å². The van der Waals surface area contributed by atoms with E-state index in [1.807, 2.05) is 0 Å². The van der Waals surface area contributed by atoms with E-state index in [4.69, 9.17) is 18.7 Å². The minimum atomic E-state index is -3.68. The SMILES string of the molecule is CC1=CC(=O)NP(=O)(OC[C@H]2O[C@@H](n3ncc(=O)[nH]c3=O)[C@@H]3OC(C)(C)O[C@@H]32)N1. The zero-order chi connectivity index (χ0) is 21.0. The number of nitrogens with zero attached hydrogens (tertiary/aromatic N) is 2. The summed E-state index contributed by atoms with van der Waals surface area (Å²) in [5, 5.41) is 8.68. The van der Waals surface area contributed by atoms with Gasteiger partial charge in [0.05, 0.1) is 6.61 Å². The number of allylic oxidation sites excluding steroid dienone is 1. The largest absolute Gasteiger partial charge is 0.394 e. The molecule has 0 bridgehead atoms. The van der Waals surface area contributed by atoms with E-state index < -0.39 is 55.2 Å². The fraction of sp³-hybridized carbons (Fsp3) is 0.600. The van der Waals surface area contributed by atoms with Gasteiger partial charge in [-0.15, -0.1) is 0 Å². The lowest BCUT2D eigenvalue weighted by atomic mass is 10.1. The van der Waals surface area contributed by atoms with E-state index >= 15 is 0 Å². The van der Waals surface area contributed by atoms with Gasteiger partial charge in [-0.3, -0.25) is 24.2 Å². The molecule has 4 rings (SSSR count). The highest BCUT2D eigenvalue weighted by Gasteiger charge is 2.57. The molecule has 0 spiro atoms. The molecule has 2 saturated heterocycles. The first kappa shape index (κ1) is 20.0. The molecule has 29 heavy (non-hydrogen) atoms. The van der Waals surface area contributed by atoms with Crippen LogP contribution < -0.4 is 21.4 Å². The minimum absolute atomic E-state index is 0.229. The van der Waals surface area contributed by atoms with Crippen LogP contribution in [0.4, 0.5) is 0 Å². The van der Waals surface area contributed by atoms with E-state index in [0.29, 0.717) is 5.70 Å². The topological polar surface area (TPSA) is 163 Å². The number of nitrogens with one attached hydrogen (secondary N) is 3. The summed E-state index contributed by atoms with van der Waals surface area (Å²) in [6, 6.07) is 0. The molecule has 0 aromatic carbocycles. The average molecular weight is 429 g/mol. The first-order chi connectivity index (χ1) is 13.6. The van der Waals surface area contributed by atoms with E-state index in [-0.39, 0.29) is 6.61 Å². The Kier molecular flexibility index (Phi) is 4.74. The summed E-state index contributed by atoms with van der Waals surface area (Å²) < 4.78 is 36.7. The number of H-pyrrole nitrogens is 1. The number of ether oxygens (including phenoxy) is 3. The molecule has 5 atom stereocenters. The molecular formula is C15H20N5O8P. The molecule has 3 aliphatic rings. The molecule has 1 aromatic heterocycles. The summed E-state index contributed by atoms with van der Waals surface area (Å²) in [5.41, 5.74) is -1.03. The van der Waals surface area contributed by atoms with Crippen molar-refractivity contribution in [2.45, 2.75) is 51.1 Å². The highest BCUT2D eigenvalue weighted by Crippen LogP contribution is 2.45. The predicted molar refractivity (Wildman–Crippen MR) is 95.4 cm³/mol. The Hall–Kier alpha value is -2.31. The number of aromatic amines is 1. The van der Waals surface area contributed by atoms with Gasteiger partial charge in [0.25, 0.3) is 11.5 Å². The Balaban J connectivity index is 1.56. The van der Waals surface area contributed by atoms with E-state index in [1.54, 1.807) is 20.8 Å². The number of aromatic nitrogens is 3. The lowest BCUT2D eigenvalue weighted by Crippen LogP contribution is -2.39. The average Bonchev–Trinajstić information content (AvgIpc) is 3.05. The van der Waals surface area contributed by atoms with Crippen molar-refractivity contribution in [3.8, 4) is 0 Å². The van der Waals surface area contributed by atoms with Gasteiger partial charge in [0.1, 0.15) is 24.5 Å². The molecule has 3 aliphatic heterocycles. The van der Waals surface area contributed by atoms with Crippen LogP contribution in [-0.2, 0) is 28.1 Å². The normalized spacial score (nSPS) is 35.6. The maximum absolute atomic E-state index is 12.7. The fourth-order valence-electron chi connectivity index (χ4n) is 3.44. The number of carbonyl (C=O) groups is 1. The van der Waals surface area contributed by atoms with Crippen molar-refractivity contribution in [3.05, 3.63) is 38.8 Å². The van der Waals surface area contributed by atoms with Crippen LogP contribution in [0.1, 0.15) is 27.0 Å². The third-order valence-corrected chi connectivity index (χ3v) is 6.13. The zero-order valence-corrected chi connectivity index (χ0v) is 16.7. The molecular weight excluding hydrogens is 409 g/mol. The molecule has 1 amide bonds. The summed E-state index contributed by atoms with van der Waals surface area (Å²) in [6.07, 6.45) is -0.994. The van der Waals surface area contributed by atoms with Crippen LogP contribution in [0, 0.1) is 0 Å². The Labute approximate surface area is 163 Å². The molecule has 13 nitrogen and oxygen atoms in total. The minimum Gasteiger partial charge on any atom is -0.345 e. The molecule has 158 valence electrons. The first-order valence-corrected chi connectivity index (χ1v) is 10.4. The van der Waals surface area contributed by atoms with Crippen LogP contribution in [0.5, 0.6) is 0 Å². The van der Waals surface area contributed by atoms with E-state index in [9.17, 15) is 18.9 Å². The Morgan fingerprint density at radius 1 is 1.24 bits per heavy atom. The molecule has 1 aromatic rings. The van der Waals surface area contributed by atoms with Gasteiger partial charge in [-0.2, -0.15) is 9.78 Å². The number of hydrogen-bond acceptors (Lipinski definition) is 9. The Bertz CT molecular complexity index is 1030. The van der Waals surface area contributed by atoms with Crippen LogP contribution in [0.15, 0.2) is 27.6 Å². The van der Waals surface area contributed by atoms with Crippen molar-refractivity contribution in [2.75, 3.05) is 6.61 Å². The van der Waals surface area contributed by atoms with Crippen molar-refractivity contribution < 1.29 is 28.1 Å². The predicted octanol–water partition coefficient (Wildman–Crippen LogP) is -0.903. The van der Waals surface area contributed by atoms with Gasteiger partial charge in [-0.1, -0.05) is 0 Å². The van der Waals surface area contributed by atoms with Gasteiger partial charge >= 0.3 is 13.4 Å². The lowest BCUT2D eigenvalue weighted by Gasteiger charge is -2.27. The highest BCUT2D eigenvalue weighted by atomic mass is 31.2. The smallest absolute Gasteiger partial charge is 0.345 e. The number of amides is 1. The maximum Gasteiger partial charge on any atom is 0.394 e. The standard InChI is InChI=1S/C15H20N5O8P/c1-7-4-9(21)19-29(24,18-7)25-6-8-11-12(28-15(2,3)27-11)13(26-8)20-14(23)17-10(22)5-16-20/h4-5,8,11-13H,6H2,1-3H3,(H,17,22,23)(H2,18,19,21,24)/t8-,11-,12-,13-,29?/m1/s1. The van der Waals surface area contributed by atoms with Crippen LogP contribution in [0.3, 0.4) is 0 Å². The molecule has 0 aliphatic carbocycles. The van der Waals surface area contributed by atoms with Crippen molar-refractivity contribution in [3.63, 3.8) is 0 Å². The van der Waals surface area contributed by atoms with Crippen molar-refractivity contribution >= 4 is 13.6 Å². The third-order valence-electron chi connectivity index (χ3n) is 4.45. The van der Waals surface area contributed by atoms with Gasteiger partial charge in [0.15, 0.2) is 12.0 Å². The monoisotopic (exact) mass is 429 g/mol. The lowest BCUT2D eigenvalue weighted by molar-refractivity contribution is -0.201. The molecule has 4 heterocycles. The molecule has 2 fully saturated rings. The number of hydrogen-bond donors (Lipinski definition) is 3. The Morgan fingerprint density at radius 2 is 1.97 bits per heavy atom. The number of rotatable bonds is 4. The van der Waals surface area contributed by atoms with Gasteiger partial charge in [0, 0.05) is 11.8 Å². The second kappa shape index (κ2) is 6.89. The quantitative estimate of drug-likeness (QED) is 0.511. The fourth-order valence-corrected chi connectivity index (χ4v) is 4.87. The van der Waals surface area contributed by atoms with E-state index in [1.165, 1.54) is 6.08 Å². The van der Waals surface area contributed by atoms with Crippen LogP contribution in [0.2, 0.25) is 0 Å². The summed E-state index contributed by atoms with van der Waals surface area (Å²) in [7, 11) is -3.68. The summed E-state index contributed by atoms with van der Waals surface area (Å²) in [5.74, 6) is -1.51. The Morgan fingerprint density at radius 3 is 2.66 bits per heavy atom. The van der Waals surface area contributed by atoms with Crippen molar-refractivity contribution in [1.29, 1.82) is 0 Å². The summed E-state index contributed by atoms with van der Waals surface area (Å²) in [6.45, 7) is 4.75. The summed E-state index contributed by atoms with van der Waals surface area (Å²) in [4.78, 5) is 37.2. The van der Waals surface area contributed by atoms with E-state index in [0.717, 1.165) is 10.9 Å². The molecule has 0 saturated carbocycles. The third kappa shape index (κ3) is 3.91. The summed E-state index contributed by atoms with van der Waals surface area (Å²) >= 11 is 0. The van der Waals surface area contributed by atoms with Gasteiger partial charge < -0.3 is 19.3 Å². The molecule has 14 heteroatoms. The number of carbonyl (C=O) groups excluding carboxylic acids is 1.